The molecule has 1 amide bonds. The summed E-state index contributed by atoms with van der Waals surface area (Å²) >= 11 is 0. The number of benzene rings is 3. The molecule has 0 spiro atoms. The lowest BCUT2D eigenvalue weighted by molar-refractivity contribution is -0.384. The van der Waals surface area contributed by atoms with Crippen molar-refractivity contribution in [3.05, 3.63) is 94.5 Å². The zero-order chi connectivity index (χ0) is 20.6. The van der Waals surface area contributed by atoms with E-state index in [1.165, 1.54) is 18.3 Å². The average Bonchev–Trinajstić information content (AvgIpc) is 2.75. The molecule has 146 valence electrons. The molecular weight excluding hydrogens is 370 g/mol. The van der Waals surface area contributed by atoms with Crippen molar-refractivity contribution in [1.82, 2.24) is 5.43 Å². The molecule has 3 aromatic rings. The van der Waals surface area contributed by atoms with Crippen LogP contribution in [0.1, 0.15) is 12.5 Å². The van der Waals surface area contributed by atoms with E-state index in [2.05, 4.69) is 10.5 Å². The van der Waals surface area contributed by atoms with Crippen LogP contribution < -0.4 is 10.2 Å². The number of ether oxygens (including phenoxy) is 1. The van der Waals surface area contributed by atoms with E-state index in [1.807, 2.05) is 42.5 Å². The maximum atomic E-state index is 12.1. The molecule has 0 radical (unpaired) electrons. The van der Waals surface area contributed by atoms with E-state index < -0.39 is 16.9 Å². The molecular formula is C22H19N3O4. The van der Waals surface area contributed by atoms with Crippen LogP contribution in [0.5, 0.6) is 5.75 Å². The second-order valence-corrected chi connectivity index (χ2v) is 6.24. The van der Waals surface area contributed by atoms with Gasteiger partial charge in [0.2, 0.25) is 0 Å². The Kier molecular flexibility index (Phi) is 6.32. The minimum atomic E-state index is -0.764. The van der Waals surface area contributed by atoms with Crippen LogP contribution >= 0.6 is 0 Å². The van der Waals surface area contributed by atoms with Gasteiger partial charge in [0.1, 0.15) is 5.75 Å². The fraction of sp³-hybridized carbons (Fsp3) is 0.0909. The molecule has 3 rings (SSSR count). The Balaban J connectivity index is 1.55. The van der Waals surface area contributed by atoms with Crippen molar-refractivity contribution in [1.29, 1.82) is 0 Å². The summed E-state index contributed by atoms with van der Waals surface area (Å²) in [5.41, 5.74) is 4.98. The van der Waals surface area contributed by atoms with Gasteiger partial charge < -0.3 is 4.74 Å². The molecule has 3 aromatic carbocycles. The molecule has 0 aromatic heterocycles. The van der Waals surface area contributed by atoms with E-state index in [-0.39, 0.29) is 5.69 Å². The fourth-order valence-corrected chi connectivity index (χ4v) is 2.59. The van der Waals surface area contributed by atoms with E-state index in [0.717, 1.165) is 11.1 Å². The van der Waals surface area contributed by atoms with Crippen molar-refractivity contribution in [3.8, 4) is 16.9 Å². The SMILES string of the molecule is CC(Oc1ccc(-c2ccccc2)cc1)C(=O)N/N=C/c1cccc([N+](=O)[O-])c1. The van der Waals surface area contributed by atoms with Gasteiger partial charge in [-0.2, -0.15) is 5.10 Å². The first-order valence-corrected chi connectivity index (χ1v) is 8.92. The minimum absolute atomic E-state index is 0.0454. The zero-order valence-electron chi connectivity index (χ0n) is 15.7. The summed E-state index contributed by atoms with van der Waals surface area (Å²) < 4.78 is 5.65. The van der Waals surface area contributed by atoms with Gasteiger partial charge in [-0.25, -0.2) is 5.43 Å². The third kappa shape index (κ3) is 5.49. The molecule has 0 aliphatic rings. The lowest BCUT2D eigenvalue weighted by atomic mass is 10.1. The zero-order valence-corrected chi connectivity index (χ0v) is 15.7. The number of nitrogens with one attached hydrogen (secondary N) is 1. The van der Waals surface area contributed by atoms with Gasteiger partial charge in [-0.05, 0) is 30.2 Å². The Morgan fingerprint density at radius 2 is 1.72 bits per heavy atom. The number of non-ortho nitro benzene ring substituents is 1. The number of amides is 1. The second-order valence-electron chi connectivity index (χ2n) is 6.24. The van der Waals surface area contributed by atoms with Gasteiger partial charge in [-0.1, -0.05) is 54.6 Å². The van der Waals surface area contributed by atoms with Crippen molar-refractivity contribution in [2.45, 2.75) is 13.0 Å². The summed E-state index contributed by atoms with van der Waals surface area (Å²) in [6.07, 6.45) is 0.576. The summed E-state index contributed by atoms with van der Waals surface area (Å²) in [5.74, 6) is 0.133. The molecule has 1 atom stereocenters. The lowest BCUT2D eigenvalue weighted by Crippen LogP contribution is -2.33. The van der Waals surface area contributed by atoms with Crippen LogP contribution in [0.15, 0.2) is 84.0 Å². The van der Waals surface area contributed by atoms with E-state index in [1.54, 1.807) is 31.2 Å². The van der Waals surface area contributed by atoms with Crippen molar-refractivity contribution in [3.63, 3.8) is 0 Å². The summed E-state index contributed by atoms with van der Waals surface area (Å²) in [6, 6.07) is 23.4. The van der Waals surface area contributed by atoms with Crippen molar-refractivity contribution < 1.29 is 14.5 Å². The molecule has 0 fully saturated rings. The molecule has 29 heavy (non-hydrogen) atoms. The molecule has 1 unspecified atom stereocenters. The summed E-state index contributed by atoms with van der Waals surface area (Å²) in [5, 5.41) is 14.6. The number of hydrogen-bond acceptors (Lipinski definition) is 5. The number of nitrogens with zero attached hydrogens (tertiary/aromatic N) is 2. The van der Waals surface area contributed by atoms with Crippen molar-refractivity contribution in [2.75, 3.05) is 0 Å². The molecule has 0 aliphatic heterocycles. The van der Waals surface area contributed by atoms with E-state index in [9.17, 15) is 14.9 Å². The molecule has 7 heteroatoms. The smallest absolute Gasteiger partial charge is 0.280 e. The van der Waals surface area contributed by atoms with Gasteiger partial charge >= 0.3 is 0 Å². The number of carbonyl (C=O) groups excluding carboxylic acids is 1. The highest BCUT2D eigenvalue weighted by molar-refractivity contribution is 5.84. The van der Waals surface area contributed by atoms with Crippen LogP contribution in [-0.2, 0) is 4.79 Å². The summed E-state index contributed by atoms with van der Waals surface area (Å²) in [6.45, 7) is 1.61. The molecule has 0 saturated heterocycles. The van der Waals surface area contributed by atoms with Crippen LogP contribution in [0.3, 0.4) is 0 Å². The molecule has 7 nitrogen and oxygen atoms in total. The number of rotatable bonds is 7. The molecule has 0 saturated carbocycles. The Labute approximate surface area is 167 Å². The van der Waals surface area contributed by atoms with Crippen molar-refractivity contribution >= 4 is 17.8 Å². The highest BCUT2D eigenvalue weighted by atomic mass is 16.6. The van der Waals surface area contributed by atoms with Gasteiger partial charge in [0.15, 0.2) is 6.10 Å². The highest BCUT2D eigenvalue weighted by Crippen LogP contribution is 2.22. The van der Waals surface area contributed by atoms with Crippen LogP contribution in [-0.4, -0.2) is 23.1 Å². The monoisotopic (exact) mass is 389 g/mol. The number of carbonyl (C=O) groups is 1. The average molecular weight is 389 g/mol. The van der Waals surface area contributed by atoms with Crippen LogP contribution in [0.2, 0.25) is 0 Å². The fourth-order valence-electron chi connectivity index (χ4n) is 2.59. The van der Waals surface area contributed by atoms with Crippen LogP contribution in [0.25, 0.3) is 11.1 Å². The maximum absolute atomic E-state index is 12.1. The Morgan fingerprint density at radius 3 is 2.41 bits per heavy atom. The first-order chi connectivity index (χ1) is 14.0. The third-order valence-electron chi connectivity index (χ3n) is 4.11. The molecule has 0 heterocycles. The van der Waals surface area contributed by atoms with Crippen LogP contribution in [0.4, 0.5) is 5.69 Å². The standard InChI is InChI=1S/C22H19N3O4/c1-16(22(26)24-23-15-17-6-5-9-20(14-17)25(27)28)29-21-12-10-19(11-13-21)18-7-3-2-4-8-18/h2-16H,1H3,(H,24,26)/b23-15+. The number of hydrogen-bond donors (Lipinski definition) is 1. The Morgan fingerprint density at radius 1 is 1.03 bits per heavy atom. The topological polar surface area (TPSA) is 93.8 Å². The van der Waals surface area contributed by atoms with Gasteiger partial charge in [-0.15, -0.1) is 0 Å². The second kappa shape index (κ2) is 9.27. The van der Waals surface area contributed by atoms with E-state index >= 15 is 0 Å². The predicted molar refractivity (Wildman–Crippen MR) is 111 cm³/mol. The summed E-state index contributed by atoms with van der Waals surface area (Å²) in [7, 11) is 0. The number of hydrazone groups is 1. The minimum Gasteiger partial charge on any atom is -0.481 e. The largest absolute Gasteiger partial charge is 0.481 e. The molecule has 0 bridgehead atoms. The molecule has 0 aliphatic carbocycles. The van der Waals surface area contributed by atoms with E-state index in [0.29, 0.717) is 11.3 Å². The van der Waals surface area contributed by atoms with Gasteiger partial charge in [-0.3, -0.25) is 14.9 Å². The first kappa shape index (κ1) is 19.8. The quantitative estimate of drug-likeness (QED) is 0.373. The van der Waals surface area contributed by atoms with Crippen LogP contribution in [0, 0.1) is 10.1 Å². The predicted octanol–water partition coefficient (Wildman–Crippen LogP) is 4.18. The van der Waals surface area contributed by atoms with Gasteiger partial charge in [0.25, 0.3) is 11.6 Å². The first-order valence-electron chi connectivity index (χ1n) is 8.92. The van der Waals surface area contributed by atoms with Crippen molar-refractivity contribution in [2.24, 2.45) is 5.10 Å². The summed E-state index contributed by atoms with van der Waals surface area (Å²) in [4.78, 5) is 22.4. The lowest BCUT2D eigenvalue weighted by Gasteiger charge is -2.13. The van der Waals surface area contributed by atoms with Gasteiger partial charge in [0.05, 0.1) is 11.1 Å². The Bertz CT molecular complexity index is 1020. The number of nitro benzene ring substituents is 1. The highest BCUT2D eigenvalue weighted by Gasteiger charge is 2.14. The Hall–Kier alpha value is -4.00. The molecule has 1 N–H and O–H groups in total. The third-order valence-corrected chi connectivity index (χ3v) is 4.11. The van der Waals surface area contributed by atoms with Gasteiger partial charge in [0, 0.05) is 17.7 Å². The van der Waals surface area contributed by atoms with E-state index in [4.69, 9.17) is 4.74 Å². The maximum Gasteiger partial charge on any atom is 0.280 e. The normalized spacial score (nSPS) is 11.8. The number of nitro groups is 1.